The molecule has 0 saturated carbocycles. The predicted molar refractivity (Wildman–Crippen MR) is 116 cm³/mol. The highest BCUT2D eigenvalue weighted by Crippen LogP contribution is 2.35. The first kappa shape index (κ1) is 20.1. The van der Waals surface area contributed by atoms with Crippen LogP contribution in [0.5, 0.6) is 0 Å². The molecule has 1 aliphatic heterocycles. The van der Waals surface area contributed by atoms with E-state index in [1.807, 2.05) is 53.9 Å². The van der Waals surface area contributed by atoms with E-state index in [0.29, 0.717) is 34.1 Å². The van der Waals surface area contributed by atoms with Crippen molar-refractivity contribution in [3.8, 4) is 17.1 Å². The zero-order valence-corrected chi connectivity index (χ0v) is 18.1. The van der Waals surface area contributed by atoms with E-state index in [4.69, 9.17) is 27.9 Å². The molecule has 4 rings (SSSR count). The van der Waals surface area contributed by atoms with Crippen molar-refractivity contribution in [3.05, 3.63) is 52.5 Å². The Hall–Kier alpha value is -2.22. The number of halogens is 2. The maximum Gasteiger partial charge on any atom is 0.319 e. The molecule has 2 aromatic carbocycles. The molecular weight excluding hydrogens is 431 g/mol. The topological polar surface area (TPSA) is 60.2 Å². The van der Waals surface area contributed by atoms with Crippen LogP contribution in [0.1, 0.15) is 6.42 Å². The van der Waals surface area contributed by atoms with Crippen molar-refractivity contribution in [1.29, 1.82) is 0 Å². The minimum atomic E-state index is -0.304. The minimum absolute atomic E-state index is 0.227. The molecule has 0 bridgehead atoms. The summed E-state index contributed by atoms with van der Waals surface area (Å²) in [5.41, 5.74) is 2.71. The summed E-state index contributed by atoms with van der Waals surface area (Å²) in [4.78, 5) is 14.0. The van der Waals surface area contributed by atoms with Crippen LogP contribution in [0.3, 0.4) is 0 Å². The third-order valence-corrected chi connectivity index (χ3v) is 6.48. The average Bonchev–Trinajstić information content (AvgIpc) is 3.31. The van der Waals surface area contributed by atoms with E-state index in [2.05, 4.69) is 10.2 Å². The first-order chi connectivity index (χ1) is 13.9. The van der Waals surface area contributed by atoms with Crippen molar-refractivity contribution in [1.82, 2.24) is 14.8 Å². The van der Waals surface area contributed by atoms with E-state index in [1.165, 1.54) is 11.8 Å². The van der Waals surface area contributed by atoms with Gasteiger partial charge in [-0.15, -0.1) is 10.2 Å². The van der Waals surface area contributed by atoms with Crippen LogP contribution in [0, 0.1) is 0 Å². The van der Waals surface area contributed by atoms with E-state index < -0.39 is 0 Å². The molecule has 150 valence electrons. The Kier molecular flexibility index (Phi) is 5.72. The molecule has 1 saturated heterocycles. The molecule has 0 radical (unpaired) electrons. The number of anilines is 1. The van der Waals surface area contributed by atoms with Crippen LogP contribution in [0.2, 0.25) is 10.0 Å². The lowest BCUT2D eigenvalue weighted by Gasteiger charge is -2.15. The van der Waals surface area contributed by atoms with Crippen molar-refractivity contribution in [3.63, 3.8) is 0 Å². The Labute approximate surface area is 182 Å². The predicted octanol–water partition coefficient (Wildman–Crippen LogP) is 4.71. The van der Waals surface area contributed by atoms with Crippen molar-refractivity contribution >= 4 is 46.6 Å². The van der Waals surface area contributed by atoms with Crippen LogP contribution in [-0.2, 0) is 9.53 Å². The molecule has 6 nitrogen and oxygen atoms in total. The van der Waals surface area contributed by atoms with Gasteiger partial charge in [0, 0.05) is 31.8 Å². The van der Waals surface area contributed by atoms with Crippen LogP contribution in [0.4, 0.5) is 5.69 Å². The summed E-state index contributed by atoms with van der Waals surface area (Å²) in [6, 6.07) is 13.4. The molecule has 0 N–H and O–H groups in total. The number of cyclic esters (lactones) is 1. The lowest BCUT2D eigenvalue weighted by atomic mass is 10.1. The van der Waals surface area contributed by atoms with Gasteiger partial charge >= 0.3 is 5.97 Å². The second-order valence-corrected chi connectivity index (χ2v) is 8.73. The smallest absolute Gasteiger partial charge is 0.319 e. The standard InChI is InChI=1S/C20H18Cl2N4O2S/c1-25(2)13-5-3-4-12(10-13)18-23-24-20(29-17-8-9-28-19(17)27)26(18)14-6-7-15(21)16(22)11-14/h3-7,10-11,17H,8-9H2,1-2H3/t17-/m0/s1. The fourth-order valence-corrected chi connectivity index (χ4v) is 4.34. The fourth-order valence-electron chi connectivity index (χ4n) is 3.02. The molecule has 2 heterocycles. The third-order valence-electron chi connectivity index (χ3n) is 4.55. The number of hydrogen-bond donors (Lipinski definition) is 0. The van der Waals surface area contributed by atoms with Gasteiger partial charge in [0.1, 0.15) is 5.25 Å². The number of carbonyl (C=O) groups is 1. The van der Waals surface area contributed by atoms with E-state index in [-0.39, 0.29) is 11.2 Å². The molecule has 1 fully saturated rings. The Bertz CT molecular complexity index is 1070. The fraction of sp³-hybridized carbons (Fsp3) is 0.250. The number of carbonyl (C=O) groups excluding carboxylic acids is 1. The van der Waals surface area contributed by atoms with E-state index in [1.54, 1.807) is 12.1 Å². The van der Waals surface area contributed by atoms with E-state index in [9.17, 15) is 4.79 Å². The SMILES string of the molecule is CN(C)c1cccc(-c2nnc(S[C@H]3CCOC3=O)n2-c2ccc(Cl)c(Cl)c2)c1. The normalized spacial score (nSPS) is 16.1. The Morgan fingerprint density at radius 2 is 1.97 bits per heavy atom. The van der Waals surface area contributed by atoms with E-state index >= 15 is 0 Å². The van der Waals surface area contributed by atoms with Crippen LogP contribution in [0.15, 0.2) is 47.6 Å². The first-order valence-corrected chi connectivity index (χ1v) is 10.6. The molecule has 3 aromatic rings. The van der Waals surface area contributed by atoms with Gasteiger partial charge in [0.25, 0.3) is 0 Å². The molecule has 0 amide bonds. The maximum atomic E-state index is 12.0. The summed E-state index contributed by atoms with van der Waals surface area (Å²) in [5.74, 6) is 0.427. The van der Waals surface area contributed by atoms with Gasteiger partial charge in [-0.1, -0.05) is 47.1 Å². The van der Waals surface area contributed by atoms with Gasteiger partial charge in [0.05, 0.1) is 22.3 Å². The highest BCUT2D eigenvalue weighted by molar-refractivity contribution is 8.00. The zero-order valence-electron chi connectivity index (χ0n) is 15.8. The number of esters is 1. The molecular formula is C20H18Cl2N4O2S. The number of rotatable bonds is 5. The van der Waals surface area contributed by atoms with Crippen LogP contribution >= 0.6 is 35.0 Å². The summed E-state index contributed by atoms with van der Waals surface area (Å²) in [5, 5.41) is 9.99. The molecule has 1 atom stereocenters. The quantitative estimate of drug-likeness (QED) is 0.526. The first-order valence-electron chi connectivity index (χ1n) is 8.96. The molecule has 1 aliphatic rings. The lowest BCUT2D eigenvalue weighted by Crippen LogP contribution is -2.11. The monoisotopic (exact) mass is 448 g/mol. The second kappa shape index (κ2) is 8.26. The summed E-state index contributed by atoms with van der Waals surface area (Å²) in [6.07, 6.45) is 0.642. The molecule has 29 heavy (non-hydrogen) atoms. The van der Waals surface area contributed by atoms with Gasteiger partial charge in [-0.3, -0.25) is 9.36 Å². The number of ether oxygens (including phenoxy) is 1. The summed E-state index contributed by atoms with van der Waals surface area (Å²) in [6.45, 7) is 0.426. The number of hydrogen-bond acceptors (Lipinski definition) is 6. The van der Waals surface area contributed by atoms with Crippen molar-refractivity contribution in [2.75, 3.05) is 25.6 Å². The van der Waals surface area contributed by atoms with Crippen LogP contribution < -0.4 is 4.90 Å². The van der Waals surface area contributed by atoms with Gasteiger partial charge < -0.3 is 9.64 Å². The highest BCUT2D eigenvalue weighted by Gasteiger charge is 2.30. The molecule has 9 heteroatoms. The Morgan fingerprint density at radius 1 is 1.14 bits per heavy atom. The molecule has 0 aliphatic carbocycles. The third kappa shape index (κ3) is 4.08. The molecule has 0 spiro atoms. The zero-order chi connectivity index (χ0) is 20.5. The number of benzene rings is 2. The molecule has 1 aromatic heterocycles. The van der Waals surface area contributed by atoms with Gasteiger partial charge in [-0.05, 0) is 30.3 Å². The van der Waals surface area contributed by atoms with E-state index in [0.717, 1.165) is 16.9 Å². The second-order valence-electron chi connectivity index (χ2n) is 6.75. The number of thioether (sulfide) groups is 1. The summed E-state index contributed by atoms with van der Waals surface area (Å²) >= 11 is 13.7. The Morgan fingerprint density at radius 3 is 2.66 bits per heavy atom. The highest BCUT2D eigenvalue weighted by atomic mass is 35.5. The maximum absolute atomic E-state index is 12.0. The number of aromatic nitrogens is 3. The van der Waals surface area contributed by atoms with Gasteiger partial charge in [0.15, 0.2) is 11.0 Å². The van der Waals surface area contributed by atoms with Gasteiger partial charge in [-0.25, -0.2) is 0 Å². The Balaban J connectivity index is 1.84. The van der Waals surface area contributed by atoms with Gasteiger partial charge in [0.2, 0.25) is 0 Å². The summed E-state index contributed by atoms with van der Waals surface area (Å²) < 4.78 is 6.99. The minimum Gasteiger partial charge on any atom is -0.465 e. The van der Waals surface area contributed by atoms with Crippen molar-refractivity contribution in [2.45, 2.75) is 16.8 Å². The number of nitrogens with zero attached hydrogens (tertiary/aromatic N) is 4. The van der Waals surface area contributed by atoms with Crippen LogP contribution in [-0.4, -0.2) is 46.7 Å². The largest absolute Gasteiger partial charge is 0.465 e. The van der Waals surface area contributed by atoms with Crippen molar-refractivity contribution < 1.29 is 9.53 Å². The lowest BCUT2D eigenvalue weighted by molar-refractivity contribution is -0.137. The molecule has 0 unspecified atom stereocenters. The van der Waals surface area contributed by atoms with Crippen molar-refractivity contribution in [2.24, 2.45) is 0 Å². The van der Waals surface area contributed by atoms with Crippen LogP contribution in [0.25, 0.3) is 17.1 Å². The average molecular weight is 449 g/mol. The van der Waals surface area contributed by atoms with Gasteiger partial charge in [-0.2, -0.15) is 0 Å². The summed E-state index contributed by atoms with van der Waals surface area (Å²) in [7, 11) is 3.96.